The van der Waals surface area contributed by atoms with Gasteiger partial charge in [0, 0.05) is 0 Å². The molecule has 1 N–H and O–H groups in total. The predicted molar refractivity (Wildman–Crippen MR) is 85.7 cm³/mol. The molecule has 1 heterocycles. The van der Waals surface area contributed by atoms with E-state index in [9.17, 15) is 0 Å². The van der Waals surface area contributed by atoms with Crippen LogP contribution >= 0.6 is 11.3 Å². The van der Waals surface area contributed by atoms with Crippen LogP contribution in [0.4, 0.5) is 0 Å². The van der Waals surface area contributed by atoms with Crippen molar-refractivity contribution in [3.63, 3.8) is 0 Å². The van der Waals surface area contributed by atoms with Gasteiger partial charge in [-0.05, 0) is 64.0 Å². The number of hydrogen-bond donors (Lipinski definition) is 1. The third kappa shape index (κ3) is 2.42. The van der Waals surface area contributed by atoms with Gasteiger partial charge in [-0.3, -0.25) is 0 Å². The molecule has 1 unspecified atom stereocenters. The van der Waals surface area contributed by atoms with Crippen LogP contribution in [0.2, 0.25) is 0 Å². The first-order valence-corrected chi connectivity index (χ1v) is 7.53. The van der Waals surface area contributed by atoms with E-state index in [1.54, 1.807) is 18.4 Å². The predicted octanol–water partition coefficient (Wildman–Crippen LogP) is 4.22. The van der Waals surface area contributed by atoms with E-state index in [1.807, 2.05) is 13.1 Å². The second-order valence-electron chi connectivity index (χ2n) is 4.75. The van der Waals surface area contributed by atoms with E-state index in [-0.39, 0.29) is 6.04 Å². The SMILES string of the molecule is CNC(c1ccsc1)c1ccc2cc(OC)ccc2c1. The lowest BCUT2D eigenvalue weighted by Crippen LogP contribution is -2.16. The number of methoxy groups -OCH3 is 1. The van der Waals surface area contributed by atoms with Crippen LogP contribution in [0, 0.1) is 0 Å². The molecule has 0 aliphatic rings. The molecule has 0 saturated carbocycles. The summed E-state index contributed by atoms with van der Waals surface area (Å²) in [5.74, 6) is 0.897. The lowest BCUT2D eigenvalue weighted by Gasteiger charge is -2.16. The van der Waals surface area contributed by atoms with Crippen molar-refractivity contribution in [2.75, 3.05) is 14.2 Å². The Labute approximate surface area is 123 Å². The van der Waals surface area contributed by atoms with Gasteiger partial charge in [0.25, 0.3) is 0 Å². The average Bonchev–Trinajstić information content (AvgIpc) is 3.01. The zero-order chi connectivity index (χ0) is 13.9. The van der Waals surface area contributed by atoms with Gasteiger partial charge in [0.1, 0.15) is 5.75 Å². The lowest BCUT2D eigenvalue weighted by atomic mass is 9.98. The minimum Gasteiger partial charge on any atom is -0.497 e. The normalized spacial score (nSPS) is 12.5. The quantitative estimate of drug-likeness (QED) is 0.774. The van der Waals surface area contributed by atoms with Crippen molar-refractivity contribution in [2.24, 2.45) is 0 Å². The standard InChI is InChI=1S/C17H17NOS/c1-18-17(15-7-8-20-11-15)14-4-3-13-10-16(19-2)6-5-12(13)9-14/h3-11,17-18H,1-2H3. The molecule has 3 heteroatoms. The van der Waals surface area contributed by atoms with Crippen molar-refractivity contribution in [1.82, 2.24) is 5.32 Å². The van der Waals surface area contributed by atoms with E-state index >= 15 is 0 Å². The molecule has 0 fully saturated rings. The molecule has 1 aromatic heterocycles. The minimum absolute atomic E-state index is 0.243. The molecule has 0 saturated heterocycles. The molecule has 20 heavy (non-hydrogen) atoms. The lowest BCUT2D eigenvalue weighted by molar-refractivity contribution is 0.415. The summed E-state index contributed by atoms with van der Waals surface area (Å²) in [5.41, 5.74) is 2.59. The Hall–Kier alpha value is -1.84. The molecule has 3 aromatic rings. The molecule has 0 spiro atoms. The summed E-state index contributed by atoms with van der Waals surface area (Å²) >= 11 is 1.73. The molecule has 0 amide bonds. The highest BCUT2D eigenvalue weighted by Gasteiger charge is 2.12. The highest BCUT2D eigenvalue weighted by molar-refractivity contribution is 7.08. The van der Waals surface area contributed by atoms with Gasteiger partial charge in [-0.25, -0.2) is 0 Å². The number of hydrogen-bond acceptors (Lipinski definition) is 3. The van der Waals surface area contributed by atoms with E-state index in [1.165, 1.54) is 21.9 Å². The monoisotopic (exact) mass is 283 g/mol. The molecule has 1 atom stereocenters. The van der Waals surface area contributed by atoms with Gasteiger partial charge in [0.05, 0.1) is 13.2 Å². The summed E-state index contributed by atoms with van der Waals surface area (Å²) in [4.78, 5) is 0. The highest BCUT2D eigenvalue weighted by Crippen LogP contribution is 2.28. The molecule has 3 rings (SSSR count). The van der Waals surface area contributed by atoms with E-state index in [2.05, 4.69) is 52.5 Å². The summed E-state index contributed by atoms with van der Waals surface area (Å²) in [5, 5.41) is 10.1. The second kappa shape index (κ2) is 5.65. The highest BCUT2D eigenvalue weighted by atomic mass is 32.1. The van der Waals surface area contributed by atoms with Gasteiger partial charge in [0.2, 0.25) is 0 Å². The molecule has 0 bridgehead atoms. The summed E-state index contributed by atoms with van der Waals surface area (Å²) in [6.45, 7) is 0. The van der Waals surface area contributed by atoms with Gasteiger partial charge < -0.3 is 10.1 Å². The average molecular weight is 283 g/mol. The summed E-state index contributed by atoms with van der Waals surface area (Å²) < 4.78 is 5.27. The Kier molecular flexibility index (Phi) is 3.72. The second-order valence-corrected chi connectivity index (χ2v) is 5.53. The fraction of sp³-hybridized carbons (Fsp3) is 0.176. The summed E-state index contributed by atoms with van der Waals surface area (Å²) in [6, 6.07) is 15.2. The van der Waals surface area contributed by atoms with E-state index in [0.717, 1.165) is 5.75 Å². The van der Waals surface area contributed by atoms with Crippen LogP contribution in [0.5, 0.6) is 5.75 Å². The van der Waals surface area contributed by atoms with Crippen molar-refractivity contribution >= 4 is 22.1 Å². The molecule has 102 valence electrons. The number of rotatable bonds is 4. The first-order chi connectivity index (χ1) is 9.81. The van der Waals surface area contributed by atoms with Crippen LogP contribution in [0.3, 0.4) is 0 Å². The van der Waals surface area contributed by atoms with E-state index in [4.69, 9.17) is 4.74 Å². The molecule has 0 aliphatic heterocycles. The van der Waals surface area contributed by atoms with Gasteiger partial charge in [-0.1, -0.05) is 18.2 Å². The largest absolute Gasteiger partial charge is 0.497 e. The van der Waals surface area contributed by atoms with Crippen molar-refractivity contribution in [1.29, 1.82) is 0 Å². The maximum absolute atomic E-state index is 5.27. The topological polar surface area (TPSA) is 21.3 Å². The first kappa shape index (κ1) is 13.2. The zero-order valence-corrected chi connectivity index (χ0v) is 12.4. The fourth-order valence-corrected chi connectivity index (χ4v) is 3.20. The number of fused-ring (bicyclic) bond motifs is 1. The number of ether oxygens (including phenoxy) is 1. The van der Waals surface area contributed by atoms with Crippen molar-refractivity contribution < 1.29 is 4.74 Å². The third-order valence-electron chi connectivity index (χ3n) is 3.57. The maximum Gasteiger partial charge on any atom is 0.119 e. The van der Waals surface area contributed by atoms with E-state index < -0.39 is 0 Å². The Bertz CT molecular complexity index is 706. The number of nitrogens with one attached hydrogen (secondary N) is 1. The molecule has 2 nitrogen and oxygen atoms in total. The van der Waals surface area contributed by atoms with E-state index in [0.29, 0.717) is 0 Å². The van der Waals surface area contributed by atoms with Crippen molar-refractivity contribution in [3.8, 4) is 5.75 Å². The van der Waals surface area contributed by atoms with Crippen LogP contribution in [-0.2, 0) is 0 Å². The Balaban J connectivity index is 2.04. The first-order valence-electron chi connectivity index (χ1n) is 6.59. The summed E-state index contributed by atoms with van der Waals surface area (Å²) in [6.07, 6.45) is 0. The molecular weight excluding hydrogens is 266 g/mol. The Morgan fingerprint density at radius 2 is 1.80 bits per heavy atom. The van der Waals surface area contributed by atoms with Crippen LogP contribution in [-0.4, -0.2) is 14.2 Å². The van der Waals surface area contributed by atoms with Crippen LogP contribution < -0.4 is 10.1 Å². The van der Waals surface area contributed by atoms with Gasteiger partial charge >= 0.3 is 0 Å². The number of thiophene rings is 1. The van der Waals surface area contributed by atoms with Crippen molar-refractivity contribution in [2.45, 2.75) is 6.04 Å². The maximum atomic E-state index is 5.27. The zero-order valence-electron chi connectivity index (χ0n) is 11.6. The Morgan fingerprint density at radius 3 is 2.50 bits per heavy atom. The van der Waals surface area contributed by atoms with Crippen LogP contribution in [0.1, 0.15) is 17.2 Å². The minimum atomic E-state index is 0.243. The Morgan fingerprint density at radius 1 is 1.00 bits per heavy atom. The molecular formula is C17H17NOS. The smallest absolute Gasteiger partial charge is 0.119 e. The van der Waals surface area contributed by atoms with Crippen LogP contribution in [0.25, 0.3) is 10.8 Å². The van der Waals surface area contributed by atoms with Gasteiger partial charge in [-0.2, -0.15) is 11.3 Å². The summed E-state index contributed by atoms with van der Waals surface area (Å²) in [7, 11) is 3.70. The van der Waals surface area contributed by atoms with Crippen LogP contribution in [0.15, 0.2) is 53.2 Å². The molecule has 0 aliphatic carbocycles. The third-order valence-corrected chi connectivity index (χ3v) is 4.27. The molecule has 2 aromatic carbocycles. The van der Waals surface area contributed by atoms with Gasteiger partial charge in [0.15, 0.2) is 0 Å². The molecule has 0 radical (unpaired) electrons. The van der Waals surface area contributed by atoms with Crippen molar-refractivity contribution in [3.05, 3.63) is 64.4 Å². The van der Waals surface area contributed by atoms with Gasteiger partial charge in [-0.15, -0.1) is 0 Å². The fourth-order valence-electron chi connectivity index (χ4n) is 2.51. The number of benzene rings is 2.